The van der Waals surface area contributed by atoms with Crippen LogP contribution in [0.5, 0.6) is 0 Å². The first-order chi connectivity index (χ1) is 4.83. The van der Waals surface area contributed by atoms with Crippen molar-refractivity contribution in [2.45, 2.75) is 13.3 Å². The van der Waals surface area contributed by atoms with Crippen LogP contribution in [0.15, 0.2) is 18.3 Å². The van der Waals surface area contributed by atoms with Gasteiger partial charge in [0.25, 0.3) is 0 Å². The Balaban J connectivity index is 2.81. The molecule has 1 nitrogen and oxygen atoms in total. The fraction of sp³-hybridized carbons (Fsp3) is 0.222. The molecule has 0 atom stereocenters. The Kier molecular flexibility index (Phi) is 2.07. The van der Waals surface area contributed by atoms with E-state index in [0.717, 1.165) is 11.3 Å². The fourth-order valence-electron chi connectivity index (χ4n) is 0.721. The maximum Gasteiger partial charge on any atom is 0.0372 e. The number of rotatable bonds is 1. The molecular formula is C9H9N. The van der Waals surface area contributed by atoms with Crippen LogP contribution in [0.4, 0.5) is 0 Å². The lowest BCUT2D eigenvalue weighted by molar-refractivity contribution is 1.14. The standard InChI is InChI=1S/C9H9N/c1-3-4-9-6-5-8(2)10-7-9/h1,5-7H,4H2,2H3. The molecule has 0 radical (unpaired) electrons. The van der Waals surface area contributed by atoms with Crippen molar-refractivity contribution < 1.29 is 0 Å². The topological polar surface area (TPSA) is 12.9 Å². The van der Waals surface area contributed by atoms with Gasteiger partial charge in [-0.25, -0.2) is 0 Å². The molecule has 1 heteroatoms. The zero-order valence-electron chi connectivity index (χ0n) is 5.96. The Morgan fingerprint density at radius 1 is 1.60 bits per heavy atom. The van der Waals surface area contributed by atoms with Crippen LogP contribution in [0.3, 0.4) is 0 Å². The van der Waals surface area contributed by atoms with E-state index >= 15 is 0 Å². The molecule has 0 N–H and O–H groups in total. The van der Waals surface area contributed by atoms with E-state index in [1.807, 2.05) is 25.3 Å². The molecule has 0 aliphatic rings. The second-order valence-electron chi connectivity index (χ2n) is 2.19. The van der Waals surface area contributed by atoms with E-state index in [1.165, 1.54) is 0 Å². The smallest absolute Gasteiger partial charge is 0.0372 e. The second kappa shape index (κ2) is 3.03. The molecule has 0 aliphatic heterocycles. The number of hydrogen-bond acceptors (Lipinski definition) is 1. The highest BCUT2D eigenvalue weighted by Crippen LogP contribution is 1.98. The third-order valence-electron chi connectivity index (χ3n) is 1.28. The third kappa shape index (κ3) is 1.60. The molecule has 0 amide bonds. The fourth-order valence-corrected chi connectivity index (χ4v) is 0.721. The summed E-state index contributed by atoms with van der Waals surface area (Å²) in [6, 6.07) is 3.97. The number of pyridine rings is 1. The van der Waals surface area contributed by atoms with Gasteiger partial charge in [-0.15, -0.1) is 12.3 Å². The van der Waals surface area contributed by atoms with E-state index < -0.39 is 0 Å². The van der Waals surface area contributed by atoms with Gasteiger partial charge in [0.2, 0.25) is 0 Å². The average molecular weight is 131 g/mol. The van der Waals surface area contributed by atoms with Gasteiger partial charge in [0.1, 0.15) is 0 Å². The van der Waals surface area contributed by atoms with Crippen molar-refractivity contribution in [1.29, 1.82) is 0 Å². The third-order valence-corrected chi connectivity index (χ3v) is 1.28. The maximum absolute atomic E-state index is 5.12. The summed E-state index contributed by atoms with van der Waals surface area (Å²) in [6.07, 6.45) is 7.61. The largest absolute Gasteiger partial charge is 0.261 e. The van der Waals surface area contributed by atoms with E-state index in [2.05, 4.69) is 10.9 Å². The zero-order valence-corrected chi connectivity index (χ0v) is 5.96. The predicted molar refractivity (Wildman–Crippen MR) is 41.5 cm³/mol. The highest BCUT2D eigenvalue weighted by atomic mass is 14.6. The van der Waals surface area contributed by atoms with Crippen molar-refractivity contribution in [1.82, 2.24) is 4.98 Å². The number of terminal acetylenes is 1. The van der Waals surface area contributed by atoms with Crippen molar-refractivity contribution in [2.75, 3.05) is 0 Å². The van der Waals surface area contributed by atoms with Gasteiger partial charge in [-0.1, -0.05) is 6.07 Å². The van der Waals surface area contributed by atoms with E-state index in [4.69, 9.17) is 6.42 Å². The lowest BCUT2D eigenvalue weighted by Crippen LogP contribution is -1.84. The first-order valence-electron chi connectivity index (χ1n) is 3.18. The monoisotopic (exact) mass is 131 g/mol. The first kappa shape index (κ1) is 6.82. The minimum absolute atomic E-state index is 0.674. The molecule has 1 heterocycles. The van der Waals surface area contributed by atoms with Gasteiger partial charge in [-0.3, -0.25) is 4.98 Å². The van der Waals surface area contributed by atoms with Gasteiger partial charge in [0, 0.05) is 18.3 Å². The van der Waals surface area contributed by atoms with Crippen LogP contribution in [-0.4, -0.2) is 4.98 Å². The zero-order chi connectivity index (χ0) is 7.40. The lowest BCUT2D eigenvalue weighted by Gasteiger charge is -1.93. The van der Waals surface area contributed by atoms with Crippen molar-refractivity contribution in [2.24, 2.45) is 0 Å². The van der Waals surface area contributed by atoms with E-state index in [9.17, 15) is 0 Å². The Morgan fingerprint density at radius 2 is 2.40 bits per heavy atom. The van der Waals surface area contributed by atoms with Crippen molar-refractivity contribution in [3.63, 3.8) is 0 Å². The molecule has 0 aromatic carbocycles. The van der Waals surface area contributed by atoms with Gasteiger partial charge in [0.05, 0.1) is 0 Å². The molecule has 0 aliphatic carbocycles. The first-order valence-corrected chi connectivity index (χ1v) is 3.18. The Morgan fingerprint density at radius 3 is 2.90 bits per heavy atom. The summed E-state index contributed by atoms with van der Waals surface area (Å²) >= 11 is 0. The molecule has 0 unspecified atom stereocenters. The van der Waals surface area contributed by atoms with Crippen LogP contribution >= 0.6 is 0 Å². The van der Waals surface area contributed by atoms with Crippen molar-refractivity contribution in [3.8, 4) is 12.3 Å². The summed E-state index contributed by atoms with van der Waals surface area (Å²) < 4.78 is 0. The normalized spacial score (nSPS) is 8.80. The Labute approximate surface area is 61.1 Å². The molecule has 1 aromatic heterocycles. The number of aromatic nitrogens is 1. The SMILES string of the molecule is C#CCc1ccc(C)nc1. The average Bonchev–Trinajstić information content (AvgIpc) is 1.95. The van der Waals surface area contributed by atoms with E-state index in [1.54, 1.807) is 0 Å². The Bertz CT molecular complexity index is 240. The van der Waals surface area contributed by atoms with Crippen LogP contribution in [0.1, 0.15) is 11.3 Å². The van der Waals surface area contributed by atoms with Gasteiger partial charge < -0.3 is 0 Å². The highest BCUT2D eigenvalue weighted by molar-refractivity contribution is 5.17. The van der Waals surface area contributed by atoms with Crippen LogP contribution in [0.2, 0.25) is 0 Å². The molecular weight excluding hydrogens is 122 g/mol. The highest BCUT2D eigenvalue weighted by Gasteiger charge is 1.87. The van der Waals surface area contributed by atoms with Crippen LogP contribution in [0, 0.1) is 19.3 Å². The summed E-state index contributed by atoms with van der Waals surface area (Å²) in [4.78, 5) is 4.10. The molecule has 50 valence electrons. The number of hydrogen-bond donors (Lipinski definition) is 0. The molecule has 0 saturated carbocycles. The van der Waals surface area contributed by atoms with E-state index in [0.29, 0.717) is 6.42 Å². The second-order valence-corrected chi connectivity index (χ2v) is 2.19. The summed E-state index contributed by atoms with van der Waals surface area (Å²) in [5, 5.41) is 0. The maximum atomic E-state index is 5.12. The molecule has 0 bridgehead atoms. The van der Waals surface area contributed by atoms with E-state index in [-0.39, 0.29) is 0 Å². The van der Waals surface area contributed by atoms with Crippen LogP contribution in [0.25, 0.3) is 0 Å². The molecule has 1 rings (SSSR count). The number of aryl methyl sites for hydroxylation is 1. The molecule has 10 heavy (non-hydrogen) atoms. The van der Waals surface area contributed by atoms with Gasteiger partial charge >= 0.3 is 0 Å². The van der Waals surface area contributed by atoms with Gasteiger partial charge in [0.15, 0.2) is 0 Å². The molecule has 0 fully saturated rings. The minimum Gasteiger partial charge on any atom is -0.261 e. The summed E-state index contributed by atoms with van der Waals surface area (Å²) in [5.41, 5.74) is 2.13. The summed E-state index contributed by atoms with van der Waals surface area (Å²) in [7, 11) is 0. The van der Waals surface area contributed by atoms with Crippen LogP contribution in [-0.2, 0) is 6.42 Å². The predicted octanol–water partition coefficient (Wildman–Crippen LogP) is 1.57. The quantitative estimate of drug-likeness (QED) is 0.527. The number of nitrogens with zero attached hydrogens (tertiary/aromatic N) is 1. The minimum atomic E-state index is 0.674. The molecule has 0 saturated heterocycles. The summed E-state index contributed by atoms with van der Waals surface area (Å²) in [6.45, 7) is 1.96. The molecule has 1 aromatic rings. The molecule has 0 spiro atoms. The van der Waals surface area contributed by atoms with Crippen molar-refractivity contribution >= 4 is 0 Å². The summed E-state index contributed by atoms with van der Waals surface area (Å²) in [5.74, 6) is 2.56. The van der Waals surface area contributed by atoms with Crippen molar-refractivity contribution in [3.05, 3.63) is 29.6 Å². The lowest BCUT2D eigenvalue weighted by atomic mass is 10.2. The van der Waals surface area contributed by atoms with Gasteiger partial charge in [-0.2, -0.15) is 0 Å². The van der Waals surface area contributed by atoms with Crippen LogP contribution < -0.4 is 0 Å². The Hall–Kier alpha value is -1.29. The van der Waals surface area contributed by atoms with Gasteiger partial charge in [-0.05, 0) is 18.6 Å².